The molecule has 326 valence electrons. The maximum absolute atomic E-state index is 12.3. The van der Waals surface area contributed by atoms with Gasteiger partial charge in [-0.05, 0) is 103 Å². The number of rotatable bonds is 8. The molecule has 7 rings (SSSR count). The number of carboxylic acids is 1. The average Bonchev–Trinajstić information content (AvgIpc) is 3.15. The Kier molecular flexibility index (Phi) is 11.5. The van der Waals surface area contributed by atoms with Gasteiger partial charge in [0.25, 0.3) is 0 Å². The molecule has 0 bridgehead atoms. The summed E-state index contributed by atoms with van der Waals surface area (Å²) in [5.74, 6) is -1.18. The molecule has 1 unspecified atom stereocenters. The van der Waals surface area contributed by atoms with Crippen molar-refractivity contribution in [2.75, 3.05) is 19.8 Å². The first-order valence-corrected chi connectivity index (χ1v) is 21.1. The van der Waals surface area contributed by atoms with E-state index in [9.17, 15) is 55.9 Å². The molecular weight excluding hydrogens is 744 g/mol. The van der Waals surface area contributed by atoms with Gasteiger partial charge in [-0.1, -0.05) is 53.2 Å². The molecule has 2 heterocycles. The van der Waals surface area contributed by atoms with Crippen LogP contribution in [0.1, 0.15) is 99.3 Å². The van der Waals surface area contributed by atoms with Gasteiger partial charge in [0.1, 0.15) is 42.7 Å². The maximum Gasteiger partial charge on any atom is 0.335 e. The second kappa shape index (κ2) is 14.9. The van der Waals surface area contributed by atoms with Gasteiger partial charge in [-0.3, -0.25) is 0 Å². The normalized spacial score (nSPS) is 54.7. The van der Waals surface area contributed by atoms with E-state index in [1.165, 1.54) is 5.57 Å². The van der Waals surface area contributed by atoms with Crippen LogP contribution in [-0.2, 0) is 23.7 Å². The molecule has 0 radical (unpaired) electrons. The average molecular weight is 813 g/mol. The second-order valence-electron chi connectivity index (χ2n) is 20.7. The number of hydrogen-bond donors (Lipinski definition) is 10. The van der Waals surface area contributed by atoms with Crippen molar-refractivity contribution in [2.24, 2.45) is 50.2 Å². The van der Waals surface area contributed by atoms with Crippen LogP contribution in [0.15, 0.2) is 11.6 Å². The van der Waals surface area contributed by atoms with Gasteiger partial charge in [-0.2, -0.15) is 0 Å². The van der Waals surface area contributed by atoms with Gasteiger partial charge in [0, 0.05) is 12.0 Å². The Morgan fingerprint density at radius 2 is 1.44 bits per heavy atom. The van der Waals surface area contributed by atoms with Crippen molar-refractivity contribution in [1.29, 1.82) is 0 Å². The van der Waals surface area contributed by atoms with Crippen molar-refractivity contribution in [3.05, 3.63) is 11.6 Å². The zero-order valence-corrected chi connectivity index (χ0v) is 34.2. The molecule has 4 saturated carbocycles. The predicted octanol–water partition coefficient (Wildman–Crippen LogP) is 0.825. The third kappa shape index (κ3) is 6.43. The van der Waals surface area contributed by atoms with Crippen LogP contribution in [0.4, 0.5) is 0 Å². The SMILES string of the molecule is CC1(C)C2CC[C@]3(C)[C@H](CC=C4[C@@H]5C[C@](C)(CO)CC[C@]5(CO)[C@@H](O)C[C@]43C)[C@@]2(C)CC[C@@H]1O[C@@H]1O[C@H](C(=O)O)[C@@H](O)[C@H](O[C@@H]2O[C@H](CO)[C@@H](O)[C@H](O)[C@H]2O)[C@H]1O. The van der Waals surface area contributed by atoms with Crippen LogP contribution in [0.3, 0.4) is 0 Å². The maximum atomic E-state index is 12.3. The Balaban J connectivity index is 1.13. The highest BCUT2D eigenvalue weighted by molar-refractivity contribution is 5.73. The zero-order chi connectivity index (χ0) is 41.8. The summed E-state index contributed by atoms with van der Waals surface area (Å²) in [7, 11) is 0. The molecule has 20 atom stereocenters. The highest BCUT2D eigenvalue weighted by atomic mass is 16.7. The van der Waals surface area contributed by atoms with E-state index in [1.54, 1.807) is 0 Å². The Morgan fingerprint density at radius 1 is 0.754 bits per heavy atom. The molecule has 0 spiro atoms. The number of aliphatic hydroxyl groups excluding tert-OH is 9. The standard InChI is InChI=1S/C42H68O15/c1-37(2)23-9-12-40(5)24(8-7-20-21-15-38(3,18-44)13-14-42(21,19-45)25(46)16-41(20,40)6)39(23,4)11-10-26(37)55-36-31(51)32(30(50)33(57-36)34(52)53)56-35-29(49)28(48)27(47)22(17-43)54-35/h7,21-33,35-36,43-51H,8-19H2,1-6H3,(H,52,53)/t21-,22+,23?,24+,25-,26-,27+,28-,29+,30-,31+,32-,33-,35-,36+,38+,39-,40+,41+,42+/m0/s1. The van der Waals surface area contributed by atoms with E-state index >= 15 is 0 Å². The van der Waals surface area contributed by atoms with Crippen LogP contribution in [-0.4, -0.2) is 150 Å². The number of fused-ring (bicyclic) bond motifs is 7. The predicted molar refractivity (Wildman–Crippen MR) is 201 cm³/mol. The molecule has 2 saturated heterocycles. The quantitative estimate of drug-likeness (QED) is 0.120. The molecule has 7 aliphatic rings. The van der Waals surface area contributed by atoms with E-state index in [1.807, 2.05) is 0 Å². The molecular formula is C42H68O15. The van der Waals surface area contributed by atoms with Gasteiger partial charge in [-0.25, -0.2) is 4.79 Å². The lowest BCUT2D eigenvalue weighted by Crippen LogP contribution is -2.68. The minimum Gasteiger partial charge on any atom is -0.479 e. The molecule has 10 N–H and O–H groups in total. The van der Waals surface area contributed by atoms with Crippen molar-refractivity contribution < 1.29 is 74.8 Å². The molecule has 2 aliphatic heterocycles. The van der Waals surface area contributed by atoms with Crippen LogP contribution < -0.4 is 0 Å². The fourth-order valence-electron chi connectivity index (χ4n) is 13.8. The van der Waals surface area contributed by atoms with Gasteiger partial charge >= 0.3 is 5.97 Å². The number of ether oxygens (including phenoxy) is 4. The lowest BCUT2D eigenvalue weighted by molar-refractivity contribution is -0.365. The highest BCUT2D eigenvalue weighted by Crippen LogP contribution is 2.76. The van der Waals surface area contributed by atoms with Gasteiger partial charge in [0.15, 0.2) is 18.7 Å². The molecule has 0 aromatic heterocycles. The lowest BCUT2D eigenvalue weighted by atomic mass is 9.33. The van der Waals surface area contributed by atoms with Gasteiger partial charge in [0.2, 0.25) is 0 Å². The van der Waals surface area contributed by atoms with E-state index in [2.05, 4.69) is 47.6 Å². The summed E-state index contributed by atoms with van der Waals surface area (Å²) in [5.41, 5.74) is -0.750. The van der Waals surface area contributed by atoms with Crippen LogP contribution in [0.25, 0.3) is 0 Å². The van der Waals surface area contributed by atoms with Gasteiger partial charge in [-0.15, -0.1) is 0 Å². The minimum absolute atomic E-state index is 0.0328. The van der Waals surface area contributed by atoms with Gasteiger partial charge < -0.3 is 70.0 Å². The molecule has 15 nitrogen and oxygen atoms in total. The molecule has 5 aliphatic carbocycles. The molecule has 57 heavy (non-hydrogen) atoms. The number of carbonyl (C=O) groups is 1. The number of aliphatic carboxylic acids is 1. The van der Waals surface area contributed by atoms with E-state index in [4.69, 9.17) is 18.9 Å². The van der Waals surface area contributed by atoms with Gasteiger partial charge in [0.05, 0.1) is 25.4 Å². The van der Waals surface area contributed by atoms with Crippen LogP contribution in [0.5, 0.6) is 0 Å². The van der Waals surface area contributed by atoms with E-state index < -0.39 is 97.0 Å². The molecule has 6 fully saturated rings. The first kappa shape index (κ1) is 43.8. The summed E-state index contributed by atoms with van der Waals surface area (Å²) in [6, 6.07) is 0. The minimum atomic E-state index is -1.94. The van der Waals surface area contributed by atoms with Crippen molar-refractivity contribution in [3.8, 4) is 0 Å². The van der Waals surface area contributed by atoms with E-state index in [0.29, 0.717) is 19.3 Å². The van der Waals surface area contributed by atoms with Crippen molar-refractivity contribution in [1.82, 2.24) is 0 Å². The number of allylic oxidation sites excluding steroid dienone is 2. The molecule has 0 aromatic rings. The smallest absolute Gasteiger partial charge is 0.335 e. The fourth-order valence-corrected chi connectivity index (χ4v) is 13.8. The topological polar surface area (TPSA) is 256 Å². The van der Waals surface area contributed by atoms with E-state index in [-0.39, 0.29) is 52.6 Å². The number of hydrogen-bond acceptors (Lipinski definition) is 14. The van der Waals surface area contributed by atoms with Crippen LogP contribution >= 0.6 is 0 Å². The first-order valence-electron chi connectivity index (χ1n) is 21.1. The fraction of sp³-hybridized carbons (Fsp3) is 0.929. The Bertz CT molecular complexity index is 1540. The van der Waals surface area contributed by atoms with Crippen molar-refractivity contribution in [3.63, 3.8) is 0 Å². The van der Waals surface area contributed by atoms with Crippen LogP contribution in [0, 0.1) is 50.2 Å². The van der Waals surface area contributed by atoms with Crippen LogP contribution in [0.2, 0.25) is 0 Å². The molecule has 0 amide bonds. The Labute approximate surface area is 335 Å². The Morgan fingerprint density at radius 3 is 2.07 bits per heavy atom. The third-order valence-electron chi connectivity index (χ3n) is 17.6. The highest BCUT2D eigenvalue weighted by Gasteiger charge is 2.70. The largest absolute Gasteiger partial charge is 0.479 e. The molecule has 15 heteroatoms. The summed E-state index contributed by atoms with van der Waals surface area (Å²) in [6.45, 7) is 12.7. The zero-order valence-electron chi connectivity index (χ0n) is 34.2. The second-order valence-corrected chi connectivity index (χ2v) is 20.7. The Hall–Kier alpha value is -1.31. The molecule has 0 aromatic carbocycles. The summed E-state index contributed by atoms with van der Waals surface area (Å²) >= 11 is 0. The lowest BCUT2D eigenvalue weighted by Gasteiger charge is -2.72. The summed E-state index contributed by atoms with van der Waals surface area (Å²) in [5, 5.41) is 107. The monoisotopic (exact) mass is 812 g/mol. The van der Waals surface area contributed by atoms with Crippen molar-refractivity contribution >= 4 is 5.97 Å². The van der Waals surface area contributed by atoms with Crippen molar-refractivity contribution in [2.45, 2.75) is 173 Å². The summed E-state index contributed by atoms with van der Waals surface area (Å²) in [6.07, 6.45) is -9.47. The summed E-state index contributed by atoms with van der Waals surface area (Å²) in [4.78, 5) is 12.3. The number of carboxylic acid groups (broad SMARTS) is 1. The third-order valence-corrected chi connectivity index (χ3v) is 17.6. The first-order chi connectivity index (χ1) is 26.6. The summed E-state index contributed by atoms with van der Waals surface area (Å²) < 4.78 is 23.5. The number of aliphatic hydroxyl groups is 9. The van der Waals surface area contributed by atoms with E-state index in [0.717, 1.165) is 38.5 Å².